The molecule has 0 radical (unpaired) electrons. The normalized spacial score (nSPS) is 11.2. The summed E-state index contributed by atoms with van der Waals surface area (Å²) in [4.78, 5) is 12.6. The highest BCUT2D eigenvalue weighted by Crippen LogP contribution is 2.29. The molecule has 0 saturated carbocycles. The molecule has 1 aromatic heterocycles. The number of methoxy groups -OCH3 is 1. The lowest BCUT2D eigenvalue weighted by Gasteiger charge is -2.09. The highest BCUT2D eigenvalue weighted by molar-refractivity contribution is 9.10. The number of furan rings is 1. The monoisotopic (exact) mass is 482 g/mol. The zero-order valence-electron chi connectivity index (χ0n) is 15.9. The number of fused-ring (bicyclic) bond motifs is 1. The molecule has 0 fully saturated rings. The molecule has 1 amide bonds. The predicted molar refractivity (Wildman–Crippen MR) is 122 cm³/mol. The lowest BCUT2D eigenvalue weighted by molar-refractivity contribution is 0.0952. The number of ether oxygens (including phenoxy) is 1. The zero-order valence-corrected chi connectivity index (χ0v) is 18.2. The number of rotatable bonds is 5. The molecular weight excluding hydrogens is 468 g/mol. The average Bonchev–Trinajstić information content (AvgIpc) is 3.23. The minimum Gasteiger partial charge on any atom is -0.496 e. The third kappa shape index (κ3) is 4.25. The second-order valence-electron chi connectivity index (χ2n) is 6.43. The first-order valence-electron chi connectivity index (χ1n) is 9.00. The van der Waals surface area contributed by atoms with Crippen LogP contribution in [0.5, 0.6) is 5.75 Å². The summed E-state index contributed by atoms with van der Waals surface area (Å²) in [5.74, 6) is 1.25. The van der Waals surface area contributed by atoms with E-state index in [1.807, 2.05) is 48.5 Å². The first-order chi connectivity index (χ1) is 14.5. The predicted octanol–water partition coefficient (Wildman–Crippen LogP) is 6.29. The van der Waals surface area contributed by atoms with Gasteiger partial charge in [0.05, 0.1) is 23.9 Å². The number of carbonyl (C=O) groups excluding carboxylic acids is 1. The number of carbonyl (C=O) groups is 1. The fourth-order valence-corrected chi connectivity index (χ4v) is 3.43. The van der Waals surface area contributed by atoms with Gasteiger partial charge in [0.15, 0.2) is 0 Å². The van der Waals surface area contributed by atoms with Gasteiger partial charge < -0.3 is 9.15 Å². The first kappa shape index (κ1) is 20.2. The van der Waals surface area contributed by atoms with Crippen LogP contribution in [0.4, 0.5) is 0 Å². The van der Waals surface area contributed by atoms with E-state index in [1.165, 1.54) is 13.3 Å². The topological polar surface area (TPSA) is 63.8 Å². The van der Waals surface area contributed by atoms with Crippen molar-refractivity contribution in [2.45, 2.75) is 0 Å². The van der Waals surface area contributed by atoms with Crippen molar-refractivity contribution in [1.82, 2.24) is 5.43 Å². The molecule has 3 aromatic carbocycles. The second-order valence-corrected chi connectivity index (χ2v) is 7.69. The van der Waals surface area contributed by atoms with Crippen LogP contribution in [0.15, 0.2) is 80.7 Å². The summed E-state index contributed by atoms with van der Waals surface area (Å²) >= 11 is 9.50. The van der Waals surface area contributed by atoms with Crippen LogP contribution >= 0.6 is 27.5 Å². The second kappa shape index (κ2) is 8.73. The van der Waals surface area contributed by atoms with E-state index in [0.717, 1.165) is 20.8 Å². The van der Waals surface area contributed by atoms with Crippen molar-refractivity contribution in [1.29, 1.82) is 0 Å². The minimum atomic E-state index is -0.375. The maximum atomic E-state index is 12.6. The maximum Gasteiger partial charge on any atom is 0.275 e. The number of hydrazone groups is 1. The van der Waals surface area contributed by atoms with Crippen molar-refractivity contribution in [3.63, 3.8) is 0 Å². The summed E-state index contributed by atoms with van der Waals surface area (Å²) < 4.78 is 11.9. The Labute approximate surface area is 186 Å². The smallest absolute Gasteiger partial charge is 0.275 e. The van der Waals surface area contributed by atoms with Gasteiger partial charge in [0.25, 0.3) is 5.91 Å². The Morgan fingerprint density at radius 2 is 1.87 bits per heavy atom. The van der Waals surface area contributed by atoms with Gasteiger partial charge in [-0.2, -0.15) is 5.10 Å². The Balaban J connectivity index is 1.50. The molecule has 1 heterocycles. The number of nitrogens with one attached hydrogen (secondary N) is 1. The Hall–Kier alpha value is -3.09. The summed E-state index contributed by atoms with van der Waals surface area (Å²) in [6.45, 7) is 0. The van der Waals surface area contributed by atoms with Crippen LogP contribution < -0.4 is 10.2 Å². The molecule has 0 bridgehead atoms. The first-order valence-corrected chi connectivity index (χ1v) is 10.2. The number of nitrogens with zero attached hydrogens (tertiary/aromatic N) is 1. The van der Waals surface area contributed by atoms with Gasteiger partial charge in [-0.3, -0.25) is 4.79 Å². The Morgan fingerprint density at radius 1 is 1.10 bits per heavy atom. The number of halogens is 2. The molecule has 5 nitrogen and oxygen atoms in total. The van der Waals surface area contributed by atoms with E-state index in [1.54, 1.807) is 18.2 Å². The van der Waals surface area contributed by atoms with Crippen LogP contribution in [0, 0.1) is 0 Å². The van der Waals surface area contributed by atoms with Crippen molar-refractivity contribution in [2.24, 2.45) is 5.10 Å². The lowest BCUT2D eigenvalue weighted by Crippen LogP contribution is -2.18. The van der Waals surface area contributed by atoms with E-state index in [2.05, 4.69) is 26.5 Å². The molecule has 4 aromatic rings. The summed E-state index contributed by atoms with van der Waals surface area (Å²) in [7, 11) is 1.53. The van der Waals surface area contributed by atoms with E-state index < -0.39 is 0 Å². The standard InChI is InChI=1S/C23H16BrClN2O3/c1-29-22-12-15-5-3-2-4-14(15)10-18(22)23(28)27-26-13-17-7-9-21(30-17)16-6-8-19(24)20(25)11-16/h2-13H,1H3,(H,27,28)/b26-13-. The van der Waals surface area contributed by atoms with Gasteiger partial charge in [-0.15, -0.1) is 0 Å². The summed E-state index contributed by atoms with van der Waals surface area (Å²) in [5.41, 5.74) is 3.76. The molecule has 30 heavy (non-hydrogen) atoms. The van der Waals surface area contributed by atoms with Crippen LogP contribution in [0.25, 0.3) is 22.1 Å². The van der Waals surface area contributed by atoms with Crippen LogP contribution in [0.2, 0.25) is 5.02 Å². The van der Waals surface area contributed by atoms with E-state index in [4.69, 9.17) is 20.8 Å². The molecule has 0 saturated heterocycles. The Kier molecular flexibility index (Phi) is 5.88. The van der Waals surface area contributed by atoms with Gasteiger partial charge in [0, 0.05) is 10.0 Å². The fraction of sp³-hybridized carbons (Fsp3) is 0.0435. The van der Waals surface area contributed by atoms with Crippen LogP contribution in [-0.4, -0.2) is 19.2 Å². The van der Waals surface area contributed by atoms with Gasteiger partial charge in [-0.25, -0.2) is 5.43 Å². The molecule has 1 N–H and O–H groups in total. The molecule has 0 aliphatic heterocycles. The van der Waals surface area contributed by atoms with E-state index in [-0.39, 0.29) is 5.91 Å². The van der Waals surface area contributed by atoms with Crippen molar-refractivity contribution in [3.05, 3.63) is 87.5 Å². The summed E-state index contributed by atoms with van der Waals surface area (Å²) in [5, 5.41) is 6.53. The largest absolute Gasteiger partial charge is 0.496 e. The zero-order chi connectivity index (χ0) is 21.1. The molecule has 0 spiro atoms. The van der Waals surface area contributed by atoms with Gasteiger partial charge in [-0.05, 0) is 63.1 Å². The van der Waals surface area contributed by atoms with Crippen molar-refractivity contribution in [2.75, 3.05) is 7.11 Å². The van der Waals surface area contributed by atoms with Gasteiger partial charge in [0.2, 0.25) is 0 Å². The van der Waals surface area contributed by atoms with E-state index >= 15 is 0 Å². The van der Waals surface area contributed by atoms with E-state index in [0.29, 0.717) is 27.9 Å². The van der Waals surface area contributed by atoms with Crippen LogP contribution in [0.3, 0.4) is 0 Å². The highest BCUT2D eigenvalue weighted by atomic mass is 79.9. The third-order valence-corrected chi connectivity index (χ3v) is 5.73. The highest BCUT2D eigenvalue weighted by Gasteiger charge is 2.13. The molecule has 4 rings (SSSR count). The Bertz CT molecular complexity index is 1270. The molecule has 0 aliphatic rings. The number of hydrogen-bond acceptors (Lipinski definition) is 4. The average molecular weight is 484 g/mol. The van der Waals surface area contributed by atoms with Crippen molar-refractivity contribution < 1.29 is 13.9 Å². The van der Waals surface area contributed by atoms with Crippen LogP contribution in [0.1, 0.15) is 16.1 Å². The Morgan fingerprint density at radius 3 is 2.60 bits per heavy atom. The fourth-order valence-electron chi connectivity index (χ4n) is 3.01. The van der Waals surface area contributed by atoms with Crippen LogP contribution in [-0.2, 0) is 0 Å². The quantitative estimate of drug-likeness (QED) is 0.268. The van der Waals surface area contributed by atoms with Crippen molar-refractivity contribution in [3.8, 4) is 17.1 Å². The molecule has 0 aliphatic carbocycles. The summed E-state index contributed by atoms with van der Waals surface area (Å²) in [6.07, 6.45) is 1.44. The van der Waals surface area contributed by atoms with Gasteiger partial charge >= 0.3 is 0 Å². The third-order valence-electron chi connectivity index (χ3n) is 4.50. The molecule has 0 unspecified atom stereocenters. The minimum absolute atomic E-state index is 0.375. The maximum absolute atomic E-state index is 12.6. The number of benzene rings is 3. The molecule has 0 atom stereocenters. The molecule has 7 heteroatoms. The lowest BCUT2D eigenvalue weighted by atomic mass is 10.1. The summed E-state index contributed by atoms with van der Waals surface area (Å²) in [6, 6.07) is 20.5. The van der Waals surface area contributed by atoms with E-state index in [9.17, 15) is 4.79 Å². The molecule has 150 valence electrons. The van der Waals surface area contributed by atoms with Gasteiger partial charge in [-0.1, -0.05) is 41.9 Å². The molecular formula is C23H16BrClN2O3. The number of amides is 1. The SMILES string of the molecule is COc1cc2ccccc2cc1C(=O)N/N=C\c1ccc(-c2ccc(Br)c(Cl)c2)o1. The van der Waals surface area contributed by atoms with Crippen molar-refractivity contribution >= 4 is 50.4 Å². The number of hydrogen-bond donors (Lipinski definition) is 1. The van der Waals surface area contributed by atoms with Gasteiger partial charge in [0.1, 0.15) is 17.3 Å².